The topological polar surface area (TPSA) is 50.6 Å². The molecule has 0 saturated carbocycles. The van der Waals surface area contributed by atoms with Crippen LogP contribution in [0.3, 0.4) is 0 Å². The van der Waals surface area contributed by atoms with Crippen molar-refractivity contribution < 1.29 is 9.18 Å². The number of benzene rings is 2. The molecule has 1 saturated heterocycles. The van der Waals surface area contributed by atoms with Crippen molar-refractivity contribution >= 4 is 11.6 Å². The molecule has 1 amide bonds. The van der Waals surface area contributed by atoms with Gasteiger partial charge in [0.05, 0.1) is 19.0 Å². The van der Waals surface area contributed by atoms with Crippen LogP contribution in [0.4, 0.5) is 10.1 Å². The molecule has 0 aromatic heterocycles. The smallest absolute Gasteiger partial charge is 0.241 e. The fourth-order valence-corrected chi connectivity index (χ4v) is 4.13. The summed E-state index contributed by atoms with van der Waals surface area (Å²) in [7, 11) is 0. The van der Waals surface area contributed by atoms with E-state index in [1.54, 1.807) is 4.90 Å². The molecule has 0 N–H and O–H groups in total. The minimum atomic E-state index is -0.214. The molecule has 6 heteroatoms. The number of anilines is 1. The van der Waals surface area contributed by atoms with Gasteiger partial charge < -0.3 is 4.90 Å². The predicted molar refractivity (Wildman–Crippen MR) is 121 cm³/mol. The van der Waals surface area contributed by atoms with Crippen molar-refractivity contribution in [2.45, 2.75) is 33.2 Å². The zero-order valence-electron chi connectivity index (χ0n) is 18.5. The third-order valence-corrected chi connectivity index (χ3v) is 5.63. The first-order chi connectivity index (χ1) is 14.9. The normalized spacial score (nSPS) is 15.3. The van der Waals surface area contributed by atoms with Gasteiger partial charge >= 0.3 is 0 Å². The van der Waals surface area contributed by atoms with Crippen LogP contribution in [-0.4, -0.2) is 55.0 Å². The Labute approximate surface area is 184 Å². The van der Waals surface area contributed by atoms with Gasteiger partial charge in [-0.15, -0.1) is 0 Å². The molecule has 0 atom stereocenters. The summed E-state index contributed by atoms with van der Waals surface area (Å²) in [5, 5.41) is 9.05. The van der Waals surface area contributed by atoms with Gasteiger partial charge in [-0.25, -0.2) is 4.39 Å². The Kier molecular flexibility index (Phi) is 8.16. The number of hydrogen-bond donors (Lipinski definition) is 0. The second kappa shape index (κ2) is 11.0. The maximum absolute atomic E-state index is 13.2. The van der Waals surface area contributed by atoms with E-state index in [-0.39, 0.29) is 11.7 Å². The number of amides is 1. The molecule has 1 aliphatic rings. The van der Waals surface area contributed by atoms with Gasteiger partial charge in [-0.2, -0.15) is 5.26 Å². The molecule has 2 aromatic rings. The van der Waals surface area contributed by atoms with E-state index in [0.717, 1.165) is 61.5 Å². The van der Waals surface area contributed by atoms with E-state index in [9.17, 15) is 9.18 Å². The van der Waals surface area contributed by atoms with Crippen LogP contribution in [0.25, 0.3) is 0 Å². The standard InChI is InChI=1S/C25H31FN4O/c1-20-15-21(2)17-24(16-20)30(12-3-9-27)25(31)19-29-11-4-10-28(13-14-29)18-22-5-7-23(26)8-6-22/h5-8,15-17H,3-4,10-14,18-19H2,1-2H3. The van der Waals surface area contributed by atoms with Gasteiger partial charge in [-0.1, -0.05) is 18.2 Å². The molecule has 0 bridgehead atoms. The molecular formula is C25H31FN4O. The lowest BCUT2D eigenvalue weighted by Crippen LogP contribution is -2.42. The molecule has 31 heavy (non-hydrogen) atoms. The van der Waals surface area contributed by atoms with E-state index in [0.29, 0.717) is 19.5 Å². The fourth-order valence-electron chi connectivity index (χ4n) is 4.13. The van der Waals surface area contributed by atoms with Crippen molar-refractivity contribution in [3.8, 4) is 6.07 Å². The maximum Gasteiger partial charge on any atom is 0.241 e. The molecule has 1 heterocycles. The summed E-state index contributed by atoms with van der Waals surface area (Å²) in [5.74, 6) is -0.179. The number of halogens is 1. The van der Waals surface area contributed by atoms with Crippen molar-refractivity contribution in [1.29, 1.82) is 5.26 Å². The minimum Gasteiger partial charge on any atom is -0.310 e. The molecule has 0 radical (unpaired) electrons. The Morgan fingerprint density at radius 3 is 2.35 bits per heavy atom. The van der Waals surface area contributed by atoms with Gasteiger partial charge in [0.25, 0.3) is 0 Å². The van der Waals surface area contributed by atoms with Crippen LogP contribution < -0.4 is 4.90 Å². The number of rotatable bonds is 7. The summed E-state index contributed by atoms with van der Waals surface area (Å²) >= 11 is 0. The highest BCUT2D eigenvalue weighted by Crippen LogP contribution is 2.20. The largest absolute Gasteiger partial charge is 0.310 e. The van der Waals surface area contributed by atoms with E-state index in [1.165, 1.54) is 12.1 Å². The summed E-state index contributed by atoms with van der Waals surface area (Å²) < 4.78 is 13.1. The molecule has 3 rings (SSSR count). The van der Waals surface area contributed by atoms with Crippen LogP contribution in [0, 0.1) is 31.0 Å². The van der Waals surface area contributed by atoms with E-state index in [2.05, 4.69) is 21.9 Å². The third kappa shape index (κ3) is 6.88. The number of carbonyl (C=O) groups excluding carboxylic acids is 1. The van der Waals surface area contributed by atoms with Crippen LogP contribution in [0.2, 0.25) is 0 Å². The summed E-state index contributed by atoms with van der Waals surface area (Å²) in [6.07, 6.45) is 1.29. The van der Waals surface area contributed by atoms with Crippen molar-refractivity contribution in [2.75, 3.05) is 44.2 Å². The van der Waals surface area contributed by atoms with Gasteiger partial charge in [0.2, 0.25) is 5.91 Å². The zero-order valence-corrected chi connectivity index (χ0v) is 18.5. The number of aryl methyl sites for hydroxylation is 2. The van der Waals surface area contributed by atoms with Crippen molar-refractivity contribution in [3.63, 3.8) is 0 Å². The molecule has 5 nitrogen and oxygen atoms in total. The van der Waals surface area contributed by atoms with Gasteiger partial charge in [0, 0.05) is 31.9 Å². The minimum absolute atomic E-state index is 0.0345. The second-order valence-corrected chi connectivity index (χ2v) is 8.33. The van der Waals surface area contributed by atoms with Crippen LogP contribution in [0.15, 0.2) is 42.5 Å². The van der Waals surface area contributed by atoms with Gasteiger partial charge in [-0.05, 0) is 74.3 Å². The summed E-state index contributed by atoms with van der Waals surface area (Å²) in [6, 6.07) is 14.9. The Bertz CT molecular complexity index is 902. The average molecular weight is 423 g/mol. The molecule has 1 aliphatic heterocycles. The molecule has 1 fully saturated rings. The van der Waals surface area contributed by atoms with Gasteiger partial charge in [0.1, 0.15) is 5.82 Å². The molecule has 0 spiro atoms. The van der Waals surface area contributed by atoms with Gasteiger partial charge in [-0.3, -0.25) is 14.6 Å². The lowest BCUT2D eigenvalue weighted by atomic mass is 10.1. The highest BCUT2D eigenvalue weighted by molar-refractivity contribution is 5.95. The first kappa shape index (κ1) is 22.9. The summed E-state index contributed by atoms with van der Waals surface area (Å²) in [5.41, 5.74) is 4.18. The number of carbonyl (C=O) groups is 1. The Morgan fingerprint density at radius 2 is 1.68 bits per heavy atom. The molecular weight excluding hydrogens is 391 g/mol. The second-order valence-electron chi connectivity index (χ2n) is 8.33. The lowest BCUT2D eigenvalue weighted by molar-refractivity contribution is -0.119. The number of nitrogens with zero attached hydrogens (tertiary/aromatic N) is 4. The molecule has 164 valence electrons. The first-order valence-electron chi connectivity index (χ1n) is 10.9. The SMILES string of the molecule is Cc1cc(C)cc(N(CCC#N)C(=O)CN2CCCN(Cc3ccc(F)cc3)CC2)c1. The van der Waals surface area contributed by atoms with E-state index >= 15 is 0 Å². The van der Waals surface area contributed by atoms with Gasteiger partial charge in [0.15, 0.2) is 0 Å². The predicted octanol–water partition coefficient (Wildman–Crippen LogP) is 3.90. The quantitative estimate of drug-likeness (QED) is 0.679. The third-order valence-electron chi connectivity index (χ3n) is 5.63. The van der Waals surface area contributed by atoms with Crippen LogP contribution in [-0.2, 0) is 11.3 Å². The molecule has 2 aromatic carbocycles. The molecule has 0 unspecified atom stereocenters. The highest BCUT2D eigenvalue weighted by Gasteiger charge is 2.22. The van der Waals surface area contributed by atoms with Crippen LogP contribution >= 0.6 is 0 Å². The first-order valence-corrected chi connectivity index (χ1v) is 10.9. The summed E-state index contributed by atoms with van der Waals surface area (Å²) in [6.45, 7) is 9.09. The van der Waals surface area contributed by atoms with Crippen molar-refractivity contribution in [2.24, 2.45) is 0 Å². The maximum atomic E-state index is 13.2. The number of nitriles is 1. The zero-order chi connectivity index (χ0) is 22.2. The lowest BCUT2D eigenvalue weighted by Gasteiger charge is -2.27. The monoisotopic (exact) mass is 422 g/mol. The van der Waals surface area contributed by atoms with E-state index in [1.807, 2.05) is 38.1 Å². The Balaban J connectivity index is 1.61. The van der Waals surface area contributed by atoms with E-state index in [4.69, 9.17) is 5.26 Å². The summed E-state index contributed by atoms with van der Waals surface area (Å²) in [4.78, 5) is 19.5. The fraction of sp³-hybridized carbons (Fsp3) is 0.440. The van der Waals surface area contributed by atoms with Crippen molar-refractivity contribution in [3.05, 3.63) is 65.0 Å². The Morgan fingerprint density at radius 1 is 1.03 bits per heavy atom. The Hall–Kier alpha value is -2.75. The van der Waals surface area contributed by atoms with Crippen LogP contribution in [0.5, 0.6) is 0 Å². The van der Waals surface area contributed by atoms with E-state index < -0.39 is 0 Å². The highest BCUT2D eigenvalue weighted by atomic mass is 19.1. The van der Waals surface area contributed by atoms with Crippen molar-refractivity contribution in [1.82, 2.24) is 9.80 Å². The number of hydrogen-bond acceptors (Lipinski definition) is 4. The van der Waals surface area contributed by atoms with Crippen LogP contribution in [0.1, 0.15) is 29.5 Å². The molecule has 0 aliphatic carbocycles. The average Bonchev–Trinajstić information content (AvgIpc) is 2.94.